The van der Waals surface area contributed by atoms with E-state index in [1.165, 1.54) is 6.07 Å². The minimum absolute atomic E-state index is 0.315. The molecule has 0 amide bonds. The summed E-state index contributed by atoms with van der Waals surface area (Å²) in [6.07, 6.45) is 0. The first-order chi connectivity index (χ1) is 9.54. The molecule has 0 fully saturated rings. The van der Waals surface area contributed by atoms with Crippen molar-refractivity contribution in [3.8, 4) is 11.4 Å². The molecule has 0 bridgehead atoms. The van der Waals surface area contributed by atoms with Gasteiger partial charge in [0.25, 0.3) is 0 Å². The summed E-state index contributed by atoms with van der Waals surface area (Å²) < 4.78 is 14.0. The molecule has 3 rings (SSSR count). The molecule has 0 aliphatic rings. The number of nitrogens with one attached hydrogen (secondary N) is 1. The molecule has 0 saturated carbocycles. The molecule has 0 spiro atoms. The van der Waals surface area contributed by atoms with Crippen LogP contribution in [0.5, 0.6) is 0 Å². The Labute approximate surface area is 123 Å². The van der Waals surface area contributed by atoms with Gasteiger partial charge in [0, 0.05) is 19.7 Å². The van der Waals surface area contributed by atoms with E-state index in [0.717, 1.165) is 11.3 Å². The number of fused-ring (bicyclic) bond motifs is 1. The lowest BCUT2D eigenvalue weighted by Gasteiger charge is -2.09. The standard InChI is InChI=1S/C14H12BrFN4/c1-20(2)12-6-5-11-14(18-12)19-13(17-11)8-3-4-9(15)10(16)7-8/h3-7H,1-2H3,(H,17,18,19). The van der Waals surface area contributed by atoms with Crippen LogP contribution in [0.2, 0.25) is 0 Å². The number of rotatable bonds is 2. The maximum Gasteiger partial charge on any atom is 0.180 e. The molecule has 0 radical (unpaired) electrons. The van der Waals surface area contributed by atoms with Crippen molar-refractivity contribution in [3.05, 3.63) is 40.6 Å². The van der Waals surface area contributed by atoms with Crippen molar-refractivity contribution in [2.75, 3.05) is 19.0 Å². The molecule has 2 heterocycles. The fourth-order valence-corrected chi connectivity index (χ4v) is 2.16. The number of halogens is 2. The van der Waals surface area contributed by atoms with Gasteiger partial charge in [0.2, 0.25) is 0 Å². The van der Waals surface area contributed by atoms with Crippen LogP contribution in [-0.2, 0) is 0 Å². The number of benzene rings is 1. The molecule has 0 aliphatic carbocycles. The third-order valence-electron chi connectivity index (χ3n) is 2.98. The lowest BCUT2D eigenvalue weighted by molar-refractivity contribution is 0.621. The molecule has 1 N–H and O–H groups in total. The number of anilines is 1. The molecular formula is C14H12BrFN4. The molecule has 1 aromatic carbocycles. The Hall–Kier alpha value is -1.95. The van der Waals surface area contributed by atoms with E-state index >= 15 is 0 Å². The SMILES string of the molecule is CN(C)c1ccc2[nH]c(-c3ccc(Br)c(F)c3)nc2n1. The second-order valence-electron chi connectivity index (χ2n) is 4.65. The molecule has 102 valence electrons. The van der Waals surface area contributed by atoms with Crippen LogP contribution in [0.4, 0.5) is 10.2 Å². The van der Waals surface area contributed by atoms with Crippen LogP contribution in [0.25, 0.3) is 22.6 Å². The molecule has 0 saturated heterocycles. The van der Waals surface area contributed by atoms with E-state index in [0.29, 0.717) is 21.5 Å². The molecular weight excluding hydrogens is 323 g/mol. The topological polar surface area (TPSA) is 44.8 Å². The third-order valence-corrected chi connectivity index (χ3v) is 3.63. The van der Waals surface area contributed by atoms with Gasteiger partial charge in [0.1, 0.15) is 17.5 Å². The summed E-state index contributed by atoms with van der Waals surface area (Å²) in [6.45, 7) is 0. The predicted molar refractivity (Wildman–Crippen MR) is 81.3 cm³/mol. The summed E-state index contributed by atoms with van der Waals surface area (Å²) in [5, 5.41) is 0. The van der Waals surface area contributed by atoms with Crippen LogP contribution < -0.4 is 4.90 Å². The van der Waals surface area contributed by atoms with Crippen molar-refractivity contribution in [1.29, 1.82) is 0 Å². The smallest absolute Gasteiger partial charge is 0.180 e. The second-order valence-corrected chi connectivity index (χ2v) is 5.50. The van der Waals surface area contributed by atoms with Crippen molar-refractivity contribution in [3.63, 3.8) is 0 Å². The van der Waals surface area contributed by atoms with E-state index in [9.17, 15) is 4.39 Å². The number of hydrogen-bond donors (Lipinski definition) is 1. The van der Waals surface area contributed by atoms with Gasteiger partial charge in [-0.15, -0.1) is 0 Å². The summed E-state index contributed by atoms with van der Waals surface area (Å²) in [6, 6.07) is 8.73. The summed E-state index contributed by atoms with van der Waals surface area (Å²) >= 11 is 3.14. The molecule has 0 atom stereocenters. The fourth-order valence-electron chi connectivity index (χ4n) is 1.91. The molecule has 20 heavy (non-hydrogen) atoms. The number of pyridine rings is 1. The van der Waals surface area contributed by atoms with Gasteiger partial charge in [-0.1, -0.05) is 0 Å². The fraction of sp³-hybridized carbons (Fsp3) is 0.143. The zero-order valence-electron chi connectivity index (χ0n) is 11.0. The van der Waals surface area contributed by atoms with Crippen LogP contribution >= 0.6 is 15.9 Å². The lowest BCUT2D eigenvalue weighted by atomic mass is 10.2. The number of aromatic nitrogens is 3. The first kappa shape index (κ1) is 13.1. The summed E-state index contributed by atoms with van der Waals surface area (Å²) in [4.78, 5) is 13.9. The van der Waals surface area contributed by atoms with Gasteiger partial charge in [-0.3, -0.25) is 0 Å². The molecule has 0 unspecified atom stereocenters. The van der Waals surface area contributed by atoms with E-state index in [1.807, 2.05) is 31.1 Å². The highest BCUT2D eigenvalue weighted by molar-refractivity contribution is 9.10. The Morgan fingerprint density at radius 2 is 1.95 bits per heavy atom. The Morgan fingerprint density at radius 3 is 2.65 bits per heavy atom. The zero-order valence-corrected chi connectivity index (χ0v) is 12.6. The Kier molecular flexibility index (Phi) is 3.17. The summed E-state index contributed by atoms with van der Waals surface area (Å²) in [7, 11) is 3.84. The quantitative estimate of drug-likeness (QED) is 0.778. The Bertz CT molecular complexity index is 782. The van der Waals surface area contributed by atoms with Crippen LogP contribution in [0, 0.1) is 5.82 Å². The van der Waals surface area contributed by atoms with Crippen molar-refractivity contribution < 1.29 is 4.39 Å². The van der Waals surface area contributed by atoms with Crippen LogP contribution in [0.1, 0.15) is 0 Å². The van der Waals surface area contributed by atoms with Crippen LogP contribution in [0.15, 0.2) is 34.8 Å². The van der Waals surface area contributed by atoms with Crippen molar-refractivity contribution in [1.82, 2.24) is 15.0 Å². The van der Waals surface area contributed by atoms with Gasteiger partial charge >= 0.3 is 0 Å². The van der Waals surface area contributed by atoms with Gasteiger partial charge in [-0.05, 0) is 46.3 Å². The Balaban J connectivity index is 2.10. The first-order valence-corrected chi connectivity index (χ1v) is 6.83. The van der Waals surface area contributed by atoms with Gasteiger partial charge in [0.05, 0.1) is 9.99 Å². The first-order valence-electron chi connectivity index (χ1n) is 6.04. The number of imidazole rings is 1. The monoisotopic (exact) mass is 334 g/mol. The maximum atomic E-state index is 13.6. The van der Waals surface area contributed by atoms with E-state index in [-0.39, 0.29) is 5.82 Å². The van der Waals surface area contributed by atoms with E-state index in [2.05, 4.69) is 30.9 Å². The number of nitrogens with zero attached hydrogens (tertiary/aromatic N) is 3. The highest BCUT2D eigenvalue weighted by Gasteiger charge is 2.09. The lowest BCUT2D eigenvalue weighted by Crippen LogP contribution is -2.10. The normalized spacial score (nSPS) is 11.0. The summed E-state index contributed by atoms with van der Waals surface area (Å²) in [5.41, 5.74) is 2.14. The molecule has 0 aliphatic heterocycles. The Morgan fingerprint density at radius 1 is 1.15 bits per heavy atom. The highest BCUT2D eigenvalue weighted by atomic mass is 79.9. The molecule has 4 nitrogen and oxygen atoms in total. The van der Waals surface area contributed by atoms with Crippen molar-refractivity contribution in [2.24, 2.45) is 0 Å². The minimum Gasteiger partial charge on any atom is -0.363 e. The van der Waals surface area contributed by atoms with Gasteiger partial charge in [-0.25, -0.2) is 14.4 Å². The van der Waals surface area contributed by atoms with E-state index in [1.54, 1.807) is 12.1 Å². The molecule has 6 heteroatoms. The van der Waals surface area contributed by atoms with Crippen LogP contribution in [-0.4, -0.2) is 29.0 Å². The average molecular weight is 335 g/mol. The van der Waals surface area contributed by atoms with E-state index < -0.39 is 0 Å². The number of aromatic amines is 1. The maximum absolute atomic E-state index is 13.6. The average Bonchev–Trinajstić information content (AvgIpc) is 2.84. The van der Waals surface area contributed by atoms with Gasteiger partial charge in [-0.2, -0.15) is 0 Å². The van der Waals surface area contributed by atoms with Gasteiger partial charge in [0.15, 0.2) is 5.65 Å². The summed E-state index contributed by atoms with van der Waals surface area (Å²) in [5.74, 6) is 1.12. The van der Waals surface area contributed by atoms with Crippen LogP contribution in [0.3, 0.4) is 0 Å². The number of H-pyrrole nitrogens is 1. The second kappa shape index (κ2) is 4.86. The zero-order chi connectivity index (χ0) is 14.3. The predicted octanol–water partition coefficient (Wildman–Crippen LogP) is 3.59. The van der Waals surface area contributed by atoms with Gasteiger partial charge < -0.3 is 9.88 Å². The molecule has 2 aromatic heterocycles. The van der Waals surface area contributed by atoms with E-state index in [4.69, 9.17) is 0 Å². The third kappa shape index (κ3) is 2.27. The molecule has 3 aromatic rings. The minimum atomic E-state index is -0.315. The van der Waals surface area contributed by atoms with Crippen molar-refractivity contribution in [2.45, 2.75) is 0 Å². The largest absolute Gasteiger partial charge is 0.363 e. The van der Waals surface area contributed by atoms with Crippen molar-refractivity contribution >= 4 is 32.9 Å². The highest BCUT2D eigenvalue weighted by Crippen LogP contribution is 2.24. The number of hydrogen-bond acceptors (Lipinski definition) is 3.